The maximum Gasteiger partial charge on any atom is 0.338 e. The third-order valence-corrected chi connectivity index (χ3v) is 4.18. The molecule has 1 saturated heterocycles. The highest BCUT2D eigenvalue weighted by Gasteiger charge is 2.23. The van der Waals surface area contributed by atoms with Gasteiger partial charge in [-0.25, -0.2) is 13.6 Å². The van der Waals surface area contributed by atoms with Gasteiger partial charge in [0.05, 0.1) is 11.3 Å². The number of aromatic carboxylic acids is 1. The zero-order chi connectivity index (χ0) is 15.4. The van der Waals surface area contributed by atoms with Gasteiger partial charge in [-0.05, 0) is 37.3 Å². The molecule has 21 heavy (non-hydrogen) atoms. The van der Waals surface area contributed by atoms with Gasteiger partial charge in [0.15, 0.2) is 11.6 Å². The average Bonchev–Trinajstić information content (AvgIpc) is 2.67. The number of hydrogen-bond donors (Lipinski definition) is 1. The van der Waals surface area contributed by atoms with Crippen LogP contribution in [-0.4, -0.2) is 24.2 Å². The first-order valence-electron chi connectivity index (χ1n) is 7.50. The molecule has 1 aromatic rings. The molecule has 0 aliphatic carbocycles. The molecule has 2 rings (SSSR count). The van der Waals surface area contributed by atoms with Crippen molar-refractivity contribution in [3.8, 4) is 0 Å². The molecule has 5 heteroatoms. The van der Waals surface area contributed by atoms with Crippen molar-refractivity contribution in [1.29, 1.82) is 0 Å². The van der Waals surface area contributed by atoms with Crippen molar-refractivity contribution in [1.82, 2.24) is 0 Å². The van der Waals surface area contributed by atoms with Crippen LogP contribution in [0.5, 0.6) is 0 Å². The largest absolute Gasteiger partial charge is 0.478 e. The van der Waals surface area contributed by atoms with E-state index in [2.05, 4.69) is 6.92 Å². The molecule has 0 spiro atoms. The van der Waals surface area contributed by atoms with Crippen molar-refractivity contribution >= 4 is 11.7 Å². The second kappa shape index (κ2) is 6.87. The van der Waals surface area contributed by atoms with Crippen LogP contribution in [0.4, 0.5) is 14.5 Å². The molecule has 0 amide bonds. The van der Waals surface area contributed by atoms with E-state index >= 15 is 0 Å². The number of nitrogens with zero attached hydrogens (tertiary/aromatic N) is 1. The second-order valence-corrected chi connectivity index (χ2v) is 5.64. The minimum Gasteiger partial charge on any atom is -0.478 e. The van der Waals surface area contributed by atoms with E-state index in [0.717, 1.165) is 31.7 Å². The van der Waals surface area contributed by atoms with Gasteiger partial charge >= 0.3 is 5.97 Å². The van der Waals surface area contributed by atoms with Gasteiger partial charge in [-0.2, -0.15) is 0 Å². The van der Waals surface area contributed by atoms with Crippen LogP contribution >= 0.6 is 0 Å². The fraction of sp³-hybridized carbons (Fsp3) is 0.562. The summed E-state index contributed by atoms with van der Waals surface area (Å²) in [4.78, 5) is 12.6. The summed E-state index contributed by atoms with van der Waals surface area (Å²) in [5.41, 5.74) is -0.440. The number of carbonyl (C=O) groups is 1. The standard InChI is InChI=1S/C16H21F2NO2/c1-2-4-11-5-3-9-19(10-8-11)13-7-6-12(16(20)21)14(17)15(13)18/h6-7,11H,2-5,8-10H2,1H3,(H,20,21). The summed E-state index contributed by atoms with van der Waals surface area (Å²) in [5, 5.41) is 8.81. The quantitative estimate of drug-likeness (QED) is 0.910. The highest BCUT2D eigenvalue weighted by molar-refractivity contribution is 5.88. The van der Waals surface area contributed by atoms with E-state index in [4.69, 9.17) is 5.11 Å². The van der Waals surface area contributed by atoms with Crippen LogP contribution in [0.25, 0.3) is 0 Å². The first-order valence-corrected chi connectivity index (χ1v) is 7.50. The van der Waals surface area contributed by atoms with Gasteiger partial charge in [0.2, 0.25) is 0 Å². The van der Waals surface area contributed by atoms with Gasteiger partial charge < -0.3 is 10.0 Å². The van der Waals surface area contributed by atoms with Crippen LogP contribution in [0, 0.1) is 17.6 Å². The van der Waals surface area contributed by atoms with E-state index in [1.165, 1.54) is 12.5 Å². The Hall–Kier alpha value is -1.65. The second-order valence-electron chi connectivity index (χ2n) is 5.64. The van der Waals surface area contributed by atoms with Crippen molar-refractivity contribution in [3.63, 3.8) is 0 Å². The Balaban J connectivity index is 2.18. The number of carboxylic acids is 1. The van der Waals surface area contributed by atoms with Crippen molar-refractivity contribution in [2.75, 3.05) is 18.0 Å². The summed E-state index contributed by atoms with van der Waals surface area (Å²) >= 11 is 0. The summed E-state index contributed by atoms with van der Waals surface area (Å²) in [6, 6.07) is 2.52. The minimum atomic E-state index is -1.45. The summed E-state index contributed by atoms with van der Waals surface area (Å²) in [5.74, 6) is -3.12. The Morgan fingerprint density at radius 3 is 2.71 bits per heavy atom. The Morgan fingerprint density at radius 1 is 1.29 bits per heavy atom. The van der Waals surface area contributed by atoms with Crippen molar-refractivity contribution in [2.24, 2.45) is 5.92 Å². The lowest BCUT2D eigenvalue weighted by molar-refractivity contribution is 0.0690. The lowest BCUT2D eigenvalue weighted by Crippen LogP contribution is -2.26. The predicted octanol–water partition coefficient (Wildman–Crippen LogP) is 4.07. The fourth-order valence-electron chi connectivity index (χ4n) is 3.05. The summed E-state index contributed by atoms with van der Waals surface area (Å²) in [6.07, 6.45) is 5.34. The van der Waals surface area contributed by atoms with Gasteiger partial charge in [0.1, 0.15) is 0 Å². The molecule has 1 unspecified atom stereocenters. The van der Waals surface area contributed by atoms with Gasteiger partial charge in [0, 0.05) is 13.1 Å². The highest BCUT2D eigenvalue weighted by atomic mass is 19.2. The molecule has 0 aromatic heterocycles. The zero-order valence-electron chi connectivity index (χ0n) is 12.2. The van der Waals surface area contributed by atoms with Crippen molar-refractivity contribution in [3.05, 3.63) is 29.3 Å². The zero-order valence-corrected chi connectivity index (χ0v) is 12.2. The molecule has 1 heterocycles. The summed E-state index contributed by atoms with van der Waals surface area (Å²) in [7, 11) is 0. The summed E-state index contributed by atoms with van der Waals surface area (Å²) < 4.78 is 27.9. The topological polar surface area (TPSA) is 40.5 Å². The summed E-state index contributed by atoms with van der Waals surface area (Å²) in [6.45, 7) is 3.53. The number of carboxylic acid groups (broad SMARTS) is 1. The molecule has 0 bridgehead atoms. The normalized spacial score (nSPS) is 19.4. The van der Waals surface area contributed by atoms with Gasteiger partial charge in [0.25, 0.3) is 0 Å². The molecular formula is C16H21F2NO2. The number of rotatable bonds is 4. The molecular weight excluding hydrogens is 276 g/mol. The number of benzene rings is 1. The first-order chi connectivity index (χ1) is 10.0. The van der Waals surface area contributed by atoms with Gasteiger partial charge in [-0.3, -0.25) is 0 Å². The third kappa shape index (κ3) is 3.52. The van der Waals surface area contributed by atoms with Gasteiger partial charge in [-0.1, -0.05) is 19.8 Å². The number of halogens is 2. The average molecular weight is 297 g/mol. The number of hydrogen-bond acceptors (Lipinski definition) is 2. The molecule has 1 N–H and O–H groups in total. The molecule has 1 aliphatic rings. The Labute approximate surface area is 123 Å². The van der Waals surface area contributed by atoms with E-state index in [-0.39, 0.29) is 5.69 Å². The first kappa shape index (κ1) is 15.7. The molecule has 3 nitrogen and oxygen atoms in total. The maximum absolute atomic E-state index is 14.1. The van der Waals surface area contributed by atoms with Crippen LogP contribution in [0.2, 0.25) is 0 Å². The third-order valence-electron chi connectivity index (χ3n) is 4.18. The van der Waals surface area contributed by atoms with Crippen molar-refractivity contribution in [2.45, 2.75) is 39.0 Å². The molecule has 1 aliphatic heterocycles. The monoisotopic (exact) mass is 297 g/mol. The van der Waals surface area contributed by atoms with Crippen LogP contribution in [-0.2, 0) is 0 Å². The van der Waals surface area contributed by atoms with Crippen LogP contribution in [0.3, 0.4) is 0 Å². The van der Waals surface area contributed by atoms with Gasteiger partial charge in [-0.15, -0.1) is 0 Å². The Morgan fingerprint density at radius 2 is 2.05 bits per heavy atom. The molecule has 1 fully saturated rings. The smallest absolute Gasteiger partial charge is 0.338 e. The fourth-order valence-corrected chi connectivity index (χ4v) is 3.05. The highest BCUT2D eigenvalue weighted by Crippen LogP contribution is 2.29. The van der Waals surface area contributed by atoms with E-state index in [1.54, 1.807) is 0 Å². The van der Waals surface area contributed by atoms with Crippen LogP contribution < -0.4 is 4.90 Å². The Bertz CT molecular complexity index is 519. The maximum atomic E-state index is 14.1. The van der Waals surface area contributed by atoms with E-state index in [0.29, 0.717) is 19.0 Å². The minimum absolute atomic E-state index is 0.176. The lowest BCUT2D eigenvalue weighted by Gasteiger charge is -2.24. The molecule has 1 atom stereocenters. The number of anilines is 1. The van der Waals surface area contributed by atoms with E-state index in [1.807, 2.05) is 4.90 Å². The van der Waals surface area contributed by atoms with Crippen molar-refractivity contribution < 1.29 is 18.7 Å². The predicted molar refractivity (Wildman–Crippen MR) is 77.8 cm³/mol. The molecule has 0 radical (unpaired) electrons. The Kier molecular flexibility index (Phi) is 5.15. The van der Waals surface area contributed by atoms with E-state index in [9.17, 15) is 13.6 Å². The SMILES string of the molecule is CCCC1CCCN(c2ccc(C(=O)O)c(F)c2F)CC1. The molecule has 116 valence electrons. The van der Waals surface area contributed by atoms with Crippen LogP contribution in [0.1, 0.15) is 49.4 Å². The molecule has 0 saturated carbocycles. The van der Waals surface area contributed by atoms with E-state index < -0.39 is 23.2 Å². The molecule has 1 aromatic carbocycles. The van der Waals surface area contributed by atoms with Crippen LogP contribution in [0.15, 0.2) is 12.1 Å². The lowest BCUT2D eigenvalue weighted by atomic mass is 9.96.